The summed E-state index contributed by atoms with van der Waals surface area (Å²) in [6.45, 7) is 2.79. The van der Waals surface area contributed by atoms with Gasteiger partial charge in [0.15, 0.2) is 0 Å². The smallest absolute Gasteiger partial charge is 0.416 e. The lowest BCUT2D eigenvalue weighted by atomic mass is 9.95. The lowest BCUT2D eigenvalue weighted by molar-refractivity contribution is -0.140. The summed E-state index contributed by atoms with van der Waals surface area (Å²) < 4.78 is 43.8. The molecule has 26 heavy (non-hydrogen) atoms. The third kappa shape index (κ3) is 5.22. The molecule has 0 radical (unpaired) electrons. The molecule has 0 atom stereocenters. The number of esters is 1. The van der Waals surface area contributed by atoms with Crippen molar-refractivity contribution in [2.45, 2.75) is 26.1 Å². The van der Waals surface area contributed by atoms with E-state index in [1.165, 1.54) is 13.2 Å². The molecule has 2 rings (SSSR count). The van der Waals surface area contributed by atoms with Crippen LogP contribution in [0.25, 0.3) is 11.1 Å². The van der Waals surface area contributed by atoms with E-state index in [1.807, 2.05) is 6.92 Å². The highest BCUT2D eigenvalue weighted by Gasteiger charge is 2.31. The fourth-order valence-electron chi connectivity index (χ4n) is 2.60. The zero-order valence-corrected chi connectivity index (χ0v) is 15.2. The van der Waals surface area contributed by atoms with Gasteiger partial charge in [-0.25, -0.2) is 0 Å². The zero-order valence-electron chi connectivity index (χ0n) is 14.4. The van der Waals surface area contributed by atoms with Crippen LogP contribution >= 0.6 is 11.6 Å². The monoisotopic (exact) mass is 385 g/mol. The molecule has 0 saturated carbocycles. The van der Waals surface area contributed by atoms with E-state index in [0.717, 1.165) is 12.1 Å². The largest absolute Gasteiger partial charge is 0.469 e. The van der Waals surface area contributed by atoms with Crippen molar-refractivity contribution in [1.29, 1.82) is 0 Å². The van der Waals surface area contributed by atoms with Gasteiger partial charge in [0.1, 0.15) is 0 Å². The number of rotatable bonds is 6. The number of carbonyl (C=O) groups excluding carboxylic acids is 1. The second-order valence-electron chi connectivity index (χ2n) is 5.75. The lowest BCUT2D eigenvalue weighted by Gasteiger charge is -2.15. The fraction of sp³-hybridized carbons (Fsp3) is 0.316. The molecule has 0 aliphatic heterocycles. The number of alkyl halides is 3. The molecule has 0 amide bonds. The predicted molar refractivity (Wildman–Crippen MR) is 95.0 cm³/mol. The van der Waals surface area contributed by atoms with Crippen molar-refractivity contribution >= 4 is 17.6 Å². The minimum Gasteiger partial charge on any atom is -0.469 e. The predicted octanol–water partition coefficient (Wildman–Crippen LogP) is 4.85. The Morgan fingerprint density at radius 2 is 1.92 bits per heavy atom. The number of halogens is 4. The van der Waals surface area contributed by atoms with Crippen molar-refractivity contribution in [2.75, 3.05) is 13.7 Å². The minimum atomic E-state index is -4.41. The van der Waals surface area contributed by atoms with Gasteiger partial charge in [0.05, 0.1) is 19.1 Å². The van der Waals surface area contributed by atoms with E-state index in [4.69, 9.17) is 11.6 Å². The van der Waals surface area contributed by atoms with E-state index in [-0.39, 0.29) is 13.0 Å². The number of hydrogen-bond acceptors (Lipinski definition) is 3. The van der Waals surface area contributed by atoms with Gasteiger partial charge < -0.3 is 10.1 Å². The second kappa shape index (κ2) is 8.56. The van der Waals surface area contributed by atoms with E-state index in [0.29, 0.717) is 33.8 Å². The van der Waals surface area contributed by atoms with E-state index in [9.17, 15) is 18.0 Å². The Bertz CT molecular complexity index is 791. The molecule has 1 N–H and O–H groups in total. The highest BCUT2D eigenvalue weighted by Crippen LogP contribution is 2.34. The highest BCUT2D eigenvalue weighted by molar-refractivity contribution is 6.31. The van der Waals surface area contributed by atoms with Crippen LogP contribution in [-0.2, 0) is 28.7 Å². The second-order valence-corrected chi connectivity index (χ2v) is 6.19. The fourth-order valence-corrected chi connectivity index (χ4v) is 2.86. The minimum absolute atomic E-state index is 0.0350. The quantitative estimate of drug-likeness (QED) is 0.722. The molecule has 0 saturated heterocycles. The van der Waals surface area contributed by atoms with Crippen molar-refractivity contribution < 1.29 is 22.7 Å². The molecule has 140 valence electrons. The van der Waals surface area contributed by atoms with Crippen LogP contribution in [-0.4, -0.2) is 19.6 Å². The topological polar surface area (TPSA) is 38.3 Å². The number of carbonyl (C=O) groups is 1. The molecule has 0 aliphatic rings. The van der Waals surface area contributed by atoms with Crippen LogP contribution < -0.4 is 5.32 Å². The first-order chi connectivity index (χ1) is 12.2. The third-order valence-electron chi connectivity index (χ3n) is 3.84. The summed E-state index contributed by atoms with van der Waals surface area (Å²) in [6.07, 6.45) is -4.38. The van der Waals surface area contributed by atoms with Crippen LogP contribution in [0.15, 0.2) is 36.4 Å². The number of hydrogen-bond donors (Lipinski definition) is 1. The SMILES string of the molecule is CCNCc1cc(C(F)(F)F)ccc1-c1cc(Cl)cc(CC(=O)OC)c1. The summed E-state index contributed by atoms with van der Waals surface area (Å²) in [6, 6.07) is 8.66. The van der Waals surface area contributed by atoms with Crippen LogP contribution in [0.3, 0.4) is 0 Å². The summed E-state index contributed by atoms with van der Waals surface area (Å²) in [4.78, 5) is 11.5. The van der Waals surface area contributed by atoms with Crippen LogP contribution in [0.2, 0.25) is 5.02 Å². The number of benzene rings is 2. The maximum Gasteiger partial charge on any atom is 0.416 e. The molecule has 0 heterocycles. The number of methoxy groups -OCH3 is 1. The first-order valence-corrected chi connectivity index (χ1v) is 8.40. The van der Waals surface area contributed by atoms with Gasteiger partial charge in [-0.2, -0.15) is 13.2 Å². The Kier molecular flexibility index (Phi) is 6.67. The molecule has 7 heteroatoms. The van der Waals surface area contributed by atoms with E-state index >= 15 is 0 Å². The first-order valence-electron chi connectivity index (χ1n) is 8.02. The van der Waals surface area contributed by atoms with E-state index in [1.54, 1.807) is 18.2 Å². The molecular weight excluding hydrogens is 367 g/mol. The van der Waals surface area contributed by atoms with Gasteiger partial charge in [0.2, 0.25) is 0 Å². The van der Waals surface area contributed by atoms with Crippen molar-refractivity contribution in [3.05, 3.63) is 58.1 Å². The summed E-state index contributed by atoms with van der Waals surface area (Å²) >= 11 is 6.14. The van der Waals surface area contributed by atoms with Gasteiger partial charge in [-0.1, -0.05) is 30.7 Å². The maximum absolute atomic E-state index is 13.0. The average molecular weight is 386 g/mol. The van der Waals surface area contributed by atoms with Crippen molar-refractivity contribution in [3.8, 4) is 11.1 Å². The molecule has 2 aromatic rings. The normalized spacial score (nSPS) is 11.5. The molecular formula is C19H19ClF3NO2. The van der Waals surface area contributed by atoms with Crippen LogP contribution in [0.1, 0.15) is 23.6 Å². The van der Waals surface area contributed by atoms with E-state index < -0.39 is 17.7 Å². The van der Waals surface area contributed by atoms with E-state index in [2.05, 4.69) is 10.1 Å². The van der Waals surface area contributed by atoms with Gasteiger partial charge in [0, 0.05) is 11.6 Å². The highest BCUT2D eigenvalue weighted by atomic mass is 35.5. The third-order valence-corrected chi connectivity index (χ3v) is 4.06. The molecule has 0 fully saturated rings. The van der Waals surface area contributed by atoms with Gasteiger partial charge in [-0.15, -0.1) is 0 Å². The van der Waals surface area contributed by atoms with Crippen molar-refractivity contribution in [3.63, 3.8) is 0 Å². The molecule has 0 spiro atoms. The molecule has 0 aromatic heterocycles. The zero-order chi connectivity index (χ0) is 19.3. The molecule has 0 aliphatic carbocycles. The number of nitrogens with one attached hydrogen (secondary N) is 1. The average Bonchev–Trinajstić information content (AvgIpc) is 2.58. The van der Waals surface area contributed by atoms with Crippen LogP contribution in [0.5, 0.6) is 0 Å². The summed E-state index contributed by atoms with van der Waals surface area (Å²) in [5.74, 6) is -0.418. The Labute approximate surface area is 155 Å². The summed E-state index contributed by atoms with van der Waals surface area (Å²) in [5.41, 5.74) is 1.72. The molecule has 0 unspecified atom stereocenters. The molecule has 3 nitrogen and oxygen atoms in total. The molecule has 0 bridgehead atoms. The Morgan fingerprint density at radius 1 is 1.19 bits per heavy atom. The Morgan fingerprint density at radius 3 is 2.54 bits per heavy atom. The first kappa shape index (κ1) is 20.3. The van der Waals surface area contributed by atoms with Gasteiger partial charge in [-0.3, -0.25) is 4.79 Å². The lowest BCUT2D eigenvalue weighted by Crippen LogP contribution is -2.14. The Hall–Kier alpha value is -2.05. The van der Waals surface area contributed by atoms with Gasteiger partial charge >= 0.3 is 12.1 Å². The standard InChI is InChI=1S/C19H19ClF3NO2/c1-3-24-11-14-9-15(19(21,22)23)4-5-17(14)13-6-12(7-16(20)10-13)8-18(25)26-2/h4-7,9-10,24H,3,8,11H2,1-2H3. The van der Waals surface area contributed by atoms with Gasteiger partial charge in [-0.05, 0) is 53.1 Å². The van der Waals surface area contributed by atoms with Crippen LogP contribution in [0.4, 0.5) is 13.2 Å². The van der Waals surface area contributed by atoms with Crippen LogP contribution in [0, 0.1) is 0 Å². The Balaban J connectivity index is 2.50. The summed E-state index contributed by atoms with van der Waals surface area (Å²) in [7, 11) is 1.29. The van der Waals surface area contributed by atoms with Crippen molar-refractivity contribution in [2.24, 2.45) is 0 Å². The maximum atomic E-state index is 13.0. The number of ether oxygens (including phenoxy) is 1. The summed E-state index contributed by atoms with van der Waals surface area (Å²) in [5, 5.41) is 3.45. The van der Waals surface area contributed by atoms with Crippen molar-refractivity contribution in [1.82, 2.24) is 5.32 Å². The molecule has 2 aromatic carbocycles. The van der Waals surface area contributed by atoms with Gasteiger partial charge in [0.25, 0.3) is 0 Å².